The van der Waals surface area contributed by atoms with Crippen molar-refractivity contribution in [2.24, 2.45) is 0 Å². The number of hydrogen-bond donors (Lipinski definition) is 0. The molecular weight excluding hydrogens is 468 g/mol. The van der Waals surface area contributed by atoms with Crippen molar-refractivity contribution in [3.63, 3.8) is 0 Å². The van der Waals surface area contributed by atoms with Gasteiger partial charge >= 0.3 is 0 Å². The van der Waals surface area contributed by atoms with Gasteiger partial charge in [0.05, 0.1) is 12.1 Å². The van der Waals surface area contributed by atoms with Gasteiger partial charge in [0.15, 0.2) is 29.1 Å². The average Bonchev–Trinajstić information content (AvgIpc) is 3.32. The van der Waals surface area contributed by atoms with Gasteiger partial charge in [0.1, 0.15) is 6.33 Å². The van der Waals surface area contributed by atoms with Crippen molar-refractivity contribution in [3.05, 3.63) is 108 Å². The van der Waals surface area contributed by atoms with E-state index in [0.29, 0.717) is 5.56 Å². The summed E-state index contributed by atoms with van der Waals surface area (Å²) in [7, 11) is 0.232. The smallest absolute Gasteiger partial charge is 0.200 e. The lowest BCUT2D eigenvalue weighted by Crippen LogP contribution is -2.15. The molecule has 5 rings (SSSR count). The van der Waals surface area contributed by atoms with Crippen LogP contribution in [0.3, 0.4) is 0 Å². The van der Waals surface area contributed by atoms with E-state index < -0.39 is 41.2 Å². The van der Waals surface area contributed by atoms with Crippen molar-refractivity contribution in [1.29, 1.82) is 0 Å². The summed E-state index contributed by atoms with van der Waals surface area (Å²) in [5.41, 5.74) is -0.294. The van der Waals surface area contributed by atoms with Crippen LogP contribution in [-0.2, 0) is 6.54 Å². The first kappa shape index (κ1) is 22.2. The van der Waals surface area contributed by atoms with Gasteiger partial charge in [-0.05, 0) is 21.4 Å². The Morgan fingerprint density at radius 2 is 1.35 bits per heavy atom. The highest BCUT2D eigenvalue weighted by Crippen LogP contribution is 2.31. The fourth-order valence-electron chi connectivity index (χ4n) is 3.81. The van der Waals surface area contributed by atoms with E-state index in [1.54, 1.807) is 0 Å². The molecule has 0 N–H and O–H groups in total. The van der Waals surface area contributed by atoms with Crippen LogP contribution in [0.1, 0.15) is 5.56 Å². The van der Waals surface area contributed by atoms with Gasteiger partial charge in [-0.3, -0.25) is 0 Å². The van der Waals surface area contributed by atoms with Gasteiger partial charge in [0.2, 0.25) is 5.82 Å². The van der Waals surface area contributed by atoms with Crippen LogP contribution in [0, 0.1) is 29.1 Å². The van der Waals surface area contributed by atoms with Crippen LogP contribution >= 0.6 is 8.58 Å². The van der Waals surface area contributed by atoms with Gasteiger partial charge < -0.3 is 0 Å². The normalized spacial score (nSPS) is 11.7. The van der Waals surface area contributed by atoms with Gasteiger partial charge in [-0.25, -0.2) is 31.6 Å². The molecule has 1 heterocycles. The second kappa shape index (κ2) is 8.95. The zero-order chi connectivity index (χ0) is 23.8. The third-order valence-electron chi connectivity index (χ3n) is 5.43. The van der Waals surface area contributed by atoms with E-state index in [2.05, 4.69) is 10.1 Å². The van der Waals surface area contributed by atoms with E-state index in [4.69, 9.17) is 0 Å². The van der Waals surface area contributed by atoms with Gasteiger partial charge in [0.25, 0.3) is 0 Å². The summed E-state index contributed by atoms with van der Waals surface area (Å²) in [6.45, 7) is -0.682. The molecule has 0 amide bonds. The predicted molar refractivity (Wildman–Crippen MR) is 122 cm³/mol. The predicted octanol–water partition coefficient (Wildman–Crippen LogP) is 5.47. The van der Waals surface area contributed by atoms with Crippen LogP contribution in [0.4, 0.5) is 22.0 Å². The first-order chi connectivity index (χ1) is 16.5. The zero-order valence-corrected chi connectivity index (χ0v) is 18.4. The highest BCUT2D eigenvalue weighted by Gasteiger charge is 2.27. The number of nitrogens with zero attached hydrogens (tertiary/aromatic N) is 3. The first-order valence-corrected chi connectivity index (χ1v) is 11.2. The topological polar surface area (TPSA) is 30.7 Å². The van der Waals surface area contributed by atoms with E-state index >= 15 is 0 Å². The summed E-state index contributed by atoms with van der Waals surface area (Å²) < 4.78 is 70.9. The average molecular weight is 483 g/mol. The molecule has 0 radical (unpaired) electrons. The van der Waals surface area contributed by atoms with Gasteiger partial charge in [-0.2, -0.15) is 5.10 Å². The van der Waals surface area contributed by atoms with Crippen LogP contribution in [0.2, 0.25) is 0 Å². The maximum absolute atomic E-state index is 14.4. The van der Waals surface area contributed by atoms with Crippen LogP contribution < -0.4 is 10.6 Å². The molecule has 1 aromatic heterocycles. The summed E-state index contributed by atoms with van der Waals surface area (Å²) in [4.78, 5) is 4.31. The lowest BCUT2D eigenvalue weighted by Gasteiger charge is -2.15. The molecule has 0 spiro atoms. The molecule has 1 atom stereocenters. The Hall–Kier alpha value is -3.64. The maximum Gasteiger partial charge on any atom is 0.200 e. The van der Waals surface area contributed by atoms with Crippen molar-refractivity contribution in [1.82, 2.24) is 14.8 Å². The van der Waals surface area contributed by atoms with E-state index in [-0.39, 0.29) is 14.4 Å². The Kier molecular flexibility index (Phi) is 5.84. The van der Waals surface area contributed by atoms with E-state index in [1.165, 1.54) is 6.33 Å². The Morgan fingerprint density at radius 1 is 0.706 bits per heavy atom. The molecule has 0 fully saturated rings. The monoisotopic (exact) mass is 483 g/mol. The van der Waals surface area contributed by atoms with Gasteiger partial charge in [-0.1, -0.05) is 75.3 Å². The number of fused-ring (bicyclic) bond motifs is 1. The van der Waals surface area contributed by atoms with Crippen molar-refractivity contribution >= 4 is 30.0 Å². The third-order valence-corrected chi connectivity index (χ3v) is 6.74. The molecule has 34 heavy (non-hydrogen) atoms. The van der Waals surface area contributed by atoms with Gasteiger partial charge in [-0.15, -0.1) is 0 Å². The van der Waals surface area contributed by atoms with Crippen molar-refractivity contribution in [2.75, 3.05) is 0 Å². The molecular formula is C25H15F5N3P. The van der Waals surface area contributed by atoms with E-state index in [9.17, 15) is 22.0 Å². The van der Waals surface area contributed by atoms with E-state index in [1.807, 2.05) is 66.7 Å². The largest absolute Gasteiger partial charge is 0.241 e. The summed E-state index contributed by atoms with van der Waals surface area (Å²) >= 11 is 0. The molecule has 0 aliphatic carbocycles. The molecule has 0 bridgehead atoms. The molecule has 0 aliphatic heterocycles. The van der Waals surface area contributed by atoms with Crippen LogP contribution in [0.5, 0.6) is 0 Å². The molecule has 4 aromatic carbocycles. The van der Waals surface area contributed by atoms with Crippen LogP contribution in [-0.4, -0.2) is 14.8 Å². The maximum atomic E-state index is 14.4. The zero-order valence-electron chi connectivity index (χ0n) is 17.4. The molecule has 5 aromatic rings. The lowest BCUT2D eigenvalue weighted by molar-refractivity contribution is 0.367. The minimum Gasteiger partial charge on any atom is -0.241 e. The highest BCUT2D eigenvalue weighted by molar-refractivity contribution is 7.55. The Labute approximate surface area is 192 Å². The fourth-order valence-corrected chi connectivity index (χ4v) is 5.01. The summed E-state index contributed by atoms with van der Waals surface area (Å²) in [6, 6.07) is 21.2. The number of rotatable bonds is 5. The fraction of sp³-hybridized carbons (Fsp3) is 0.0400. The minimum atomic E-state index is -2.20. The van der Waals surface area contributed by atoms with E-state index in [0.717, 1.165) is 26.1 Å². The lowest BCUT2D eigenvalue weighted by atomic mass is 10.0. The summed E-state index contributed by atoms with van der Waals surface area (Å²) in [6.07, 6.45) is 1.19. The number of halogens is 5. The van der Waals surface area contributed by atoms with Crippen molar-refractivity contribution in [2.45, 2.75) is 6.54 Å². The molecule has 170 valence electrons. The minimum absolute atomic E-state index is 0.232. The standard InChI is InChI=1S/C25H15F5N3P/c26-20-17(21(27)23(29)24(30)22(20)28)12-33-25(31-13-32-33)19-16-9-5-4-6-14(16)10-11-18(19)34-15-7-2-1-3-8-15/h1-11,13,34H,12H2. The molecule has 0 aliphatic rings. The van der Waals surface area contributed by atoms with Crippen LogP contribution in [0.25, 0.3) is 22.2 Å². The number of benzene rings is 4. The third kappa shape index (κ3) is 3.84. The molecule has 3 nitrogen and oxygen atoms in total. The number of hydrogen-bond acceptors (Lipinski definition) is 2. The summed E-state index contributed by atoms with van der Waals surface area (Å²) in [5, 5.41) is 7.74. The second-order valence-corrected chi connectivity index (χ2v) is 8.86. The second-order valence-electron chi connectivity index (χ2n) is 7.49. The SMILES string of the molecule is Fc1c(F)c(F)c(Cn2ncnc2-c2c(Pc3ccccc3)ccc3ccccc23)c(F)c1F. The van der Waals surface area contributed by atoms with Crippen molar-refractivity contribution < 1.29 is 22.0 Å². The molecule has 9 heteroatoms. The molecule has 0 saturated carbocycles. The summed E-state index contributed by atoms with van der Waals surface area (Å²) in [5.74, 6) is -9.69. The molecule has 1 unspecified atom stereocenters. The van der Waals surface area contributed by atoms with Crippen LogP contribution in [0.15, 0.2) is 73.1 Å². The number of aromatic nitrogens is 3. The Morgan fingerprint density at radius 3 is 2.09 bits per heavy atom. The van der Waals surface area contributed by atoms with Crippen molar-refractivity contribution in [3.8, 4) is 11.4 Å². The quantitative estimate of drug-likeness (QED) is 0.144. The Bertz CT molecular complexity index is 1490. The molecule has 0 saturated heterocycles. The van der Waals surface area contributed by atoms with Gasteiger partial charge in [0, 0.05) is 5.56 Å². The Balaban J connectivity index is 1.68. The highest BCUT2D eigenvalue weighted by atomic mass is 31.1. The first-order valence-electron chi connectivity index (χ1n) is 10.2.